The minimum atomic E-state index is 0.483. The predicted molar refractivity (Wildman–Crippen MR) is 92.4 cm³/mol. The molecule has 7 heteroatoms. The summed E-state index contributed by atoms with van der Waals surface area (Å²) in [5.41, 5.74) is 2.23. The van der Waals surface area contributed by atoms with Gasteiger partial charge < -0.3 is 9.42 Å². The summed E-state index contributed by atoms with van der Waals surface area (Å²) in [5.74, 6) is 1.72. The number of rotatable bonds is 4. The van der Waals surface area contributed by atoms with Gasteiger partial charge in [0.1, 0.15) is 5.76 Å². The van der Waals surface area contributed by atoms with Gasteiger partial charge in [-0.2, -0.15) is 0 Å². The Morgan fingerprint density at radius 2 is 1.91 bits per heavy atom. The Morgan fingerprint density at radius 3 is 2.48 bits per heavy atom. The maximum Gasteiger partial charge on any atom is 0.225 e. The summed E-state index contributed by atoms with van der Waals surface area (Å²) in [5, 5.41) is 4.04. The average Bonchev–Trinajstić information content (AvgIpc) is 2.87. The van der Waals surface area contributed by atoms with Gasteiger partial charge in [-0.1, -0.05) is 5.16 Å². The lowest BCUT2D eigenvalue weighted by Crippen LogP contribution is -2.43. The monoisotopic (exact) mass is 379 g/mol. The molecule has 0 amide bonds. The SMILES string of the molecule is Cc1noc(C)c1CN1CCC(N(C)c2ncc(Br)cn2)CC1. The molecule has 0 N–H and O–H groups in total. The highest BCUT2D eigenvalue weighted by Gasteiger charge is 2.25. The van der Waals surface area contributed by atoms with Crippen LogP contribution >= 0.6 is 15.9 Å². The van der Waals surface area contributed by atoms with E-state index in [9.17, 15) is 0 Å². The van der Waals surface area contributed by atoms with Gasteiger partial charge in [-0.05, 0) is 42.6 Å². The van der Waals surface area contributed by atoms with Crippen molar-refractivity contribution in [3.05, 3.63) is 33.9 Å². The van der Waals surface area contributed by atoms with Crippen molar-refractivity contribution in [2.24, 2.45) is 0 Å². The molecule has 1 aliphatic heterocycles. The van der Waals surface area contributed by atoms with Crippen LogP contribution in [-0.4, -0.2) is 46.2 Å². The van der Waals surface area contributed by atoms with Crippen molar-refractivity contribution in [2.75, 3.05) is 25.0 Å². The first-order chi connectivity index (χ1) is 11.0. The summed E-state index contributed by atoms with van der Waals surface area (Å²) in [6.07, 6.45) is 5.81. The molecule has 0 radical (unpaired) electrons. The highest BCUT2D eigenvalue weighted by Crippen LogP contribution is 2.22. The fraction of sp³-hybridized carbons (Fsp3) is 0.562. The third-order valence-corrected chi connectivity index (χ3v) is 5.00. The van der Waals surface area contributed by atoms with Gasteiger partial charge in [0.05, 0.1) is 10.2 Å². The molecule has 0 aliphatic carbocycles. The van der Waals surface area contributed by atoms with Crippen LogP contribution in [0, 0.1) is 13.8 Å². The van der Waals surface area contributed by atoms with Gasteiger partial charge in [-0.25, -0.2) is 9.97 Å². The average molecular weight is 380 g/mol. The molecule has 0 aromatic carbocycles. The first-order valence-corrected chi connectivity index (χ1v) is 8.68. The second-order valence-corrected chi connectivity index (χ2v) is 7.04. The molecule has 3 heterocycles. The molecule has 0 saturated carbocycles. The Labute approximate surface area is 145 Å². The number of hydrogen-bond donors (Lipinski definition) is 0. The Bertz CT molecular complexity index is 629. The van der Waals surface area contributed by atoms with Crippen LogP contribution in [0.1, 0.15) is 29.9 Å². The van der Waals surface area contributed by atoms with Crippen molar-refractivity contribution >= 4 is 21.9 Å². The zero-order valence-electron chi connectivity index (χ0n) is 13.8. The number of nitrogens with zero attached hydrogens (tertiary/aromatic N) is 5. The highest BCUT2D eigenvalue weighted by molar-refractivity contribution is 9.10. The van der Waals surface area contributed by atoms with Gasteiger partial charge in [0.2, 0.25) is 5.95 Å². The third-order valence-electron chi connectivity index (χ3n) is 4.59. The zero-order valence-corrected chi connectivity index (χ0v) is 15.4. The normalized spacial score (nSPS) is 16.7. The van der Waals surface area contributed by atoms with Crippen LogP contribution in [0.2, 0.25) is 0 Å². The maximum atomic E-state index is 5.26. The van der Waals surface area contributed by atoms with Crippen LogP contribution in [-0.2, 0) is 6.54 Å². The van der Waals surface area contributed by atoms with E-state index in [0.29, 0.717) is 6.04 Å². The lowest BCUT2D eigenvalue weighted by molar-refractivity contribution is 0.201. The molecule has 1 fully saturated rings. The number of piperidine rings is 1. The Morgan fingerprint density at radius 1 is 1.26 bits per heavy atom. The topological polar surface area (TPSA) is 58.3 Å². The van der Waals surface area contributed by atoms with Crippen molar-refractivity contribution in [1.29, 1.82) is 0 Å². The molecule has 3 rings (SSSR count). The molecular weight excluding hydrogens is 358 g/mol. The highest BCUT2D eigenvalue weighted by atomic mass is 79.9. The minimum Gasteiger partial charge on any atom is -0.361 e. The summed E-state index contributed by atoms with van der Waals surface area (Å²) in [6, 6.07) is 0.483. The van der Waals surface area contributed by atoms with E-state index in [2.05, 4.69) is 47.9 Å². The van der Waals surface area contributed by atoms with E-state index in [-0.39, 0.29) is 0 Å². The van der Waals surface area contributed by atoms with E-state index in [0.717, 1.165) is 54.4 Å². The molecule has 1 aliphatic rings. The molecule has 0 atom stereocenters. The minimum absolute atomic E-state index is 0.483. The van der Waals surface area contributed by atoms with Crippen LogP contribution in [0.25, 0.3) is 0 Å². The number of hydrogen-bond acceptors (Lipinski definition) is 6. The quantitative estimate of drug-likeness (QED) is 0.813. The standard InChI is InChI=1S/C16H22BrN5O/c1-11-15(12(2)23-20-11)10-22-6-4-14(5-7-22)21(3)16-18-8-13(17)9-19-16/h8-9,14H,4-7,10H2,1-3H3. The van der Waals surface area contributed by atoms with E-state index < -0.39 is 0 Å². The Balaban J connectivity index is 1.57. The van der Waals surface area contributed by atoms with E-state index in [1.54, 1.807) is 12.4 Å². The van der Waals surface area contributed by atoms with E-state index in [4.69, 9.17) is 4.52 Å². The third kappa shape index (κ3) is 3.72. The van der Waals surface area contributed by atoms with Crippen molar-refractivity contribution in [1.82, 2.24) is 20.0 Å². The van der Waals surface area contributed by atoms with Gasteiger partial charge in [0, 0.05) is 50.7 Å². The molecule has 0 unspecified atom stereocenters. The van der Waals surface area contributed by atoms with Crippen LogP contribution in [0.3, 0.4) is 0 Å². The summed E-state index contributed by atoms with van der Waals surface area (Å²) < 4.78 is 6.16. The number of likely N-dealkylation sites (tertiary alicyclic amines) is 1. The molecule has 124 valence electrons. The lowest BCUT2D eigenvalue weighted by atomic mass is 10.0. The van der Waals surface area contributed by atoms with Gasteiger partial charge in [0.15, 0.2) is 0 Å². The molecule has 6 nitrogen and oxygen atoms in total. The van der Waals surface area contributed by atoms with Crippen molar-refractivity contribution in [2.45, 2.75) is 39.3 Å². The summed E-state index contributed by atoms with van der Waals surface area (Å²) in [7, 11) is 2.08. The fourth-order valence-electron chi connectivity index (χ4n) is 3.07. The number of halogens is 1. The summed E-state index contributed by atoms with van der Waals surface area (Å²) in [4.78, 5) is 13.4. The number of anilines is 1. The van der Waals surface area contributed by atoms with Crippen molar-refractivity contribution in [3.63, 3.8) is 0 Å². The smallest absolute Gasteiger partial charge is 0.225 e. The second-order valence-electron chi connectivity index (χ2n) is 6.12. The largest absolute Gasteiger partial charge is 0.361 e. The molecule has 23 heavy (non-hydrogen) atoms. The van der Waals surface area contributed by atoms with Gasteiger partial charge in [-0.15, -0.1) is 0 Å². The van der Waals surface area contributed by atoms with Gasteiger partial charge in [-0.3, -0.25) is 4.90 Å². The zero-order chi connectivity index (χ0) is 16.4. The summed E-state index contributed by atoms with van der Waals surface area (Å²) in [6.45, 7) is 7.05. The van der Waals surface area contributed by atoms with Crippen LogP contribution in [0.5, 0.6) is 0 Å². The molecule has 2 aromatic rings. The second kappa shape index (κ2) is 6.97. The van der Waals surface area contributed by atoms with E-state index in [1.165, 1.54) is 5.56 Å². The van der Waals surface area contributed by atoms with E-state index >= 15 is 0 Å². The Hall–Kier alpha value is -1.47. The number of aryl methyl sites for hydroxylation is 2. The predicted octanol–water partition coefficient (Wildman–Crippen LogP) is 2.94. The maximum absolute atomic E-state index is 5.26. The molecule has 0 spiro atoms. The van der Waals surface area contributed by atoms with Crippen LogP contribution in [0.4, 0.5) is 5.95 Å². The fourth-order valence-corrected chi connectivity index (χ4v) is 3.27. The molecule has 2 aromatic heterocycles. The first-order valence-electron chi connectivity index (χ1n) is 7.89. The van der Waals surface area contributed by atoms with Gasteiger partial charge in [0.25, 0.3) is 0 Å². The van der Waals surface area contributed by atoms with Gasteiger partial charge >= 0.3 is 0 Å². The van der Waals surface area contributed by atoms with Crippen molar-refractivity contribution in [3.8, 4) is 0 Å². The first kappa shape index (κ1) is 16.4. The lowest BCUT2D eigenvalue weighted by Gasteiger charge is -2.36. The van der Waals surface area contributed by atoms with Crippen LogP contribution in [0.15, 0.2) is 21.4 Å². The van der Waals surface area contributed by atoms with Crippen LogP contribution < -0.4 is 4.90 Å². The molecular formula is C16H22BrN5O. The summed E-state index contributed by atoms with van der Waals surface area (Å²) >= 11 is 3.38. The van der Waals surface area contributed by atoms with Crippen molar-refractivity contribution < 1.29 is 4.52 Å². The number of aromatic nitrogens is 3. The van der Waals surface area contributed by atoms with E-state index in [1.807, 2.05) is 13.8 Å². The Kier molecular flexibility index (Phi) is 4.96. The molecule has 0 bridgehead atoms. The molecule has 1 saturated heterocycles.